The average Bonchev–Trinajstić information content (AvgIpc) is 2.92. The van der Waals surface area contributed by atoms with Crippen LogP contribution in [0.4, 0.5) is 0 Å². The van der Waals surface area contributed by atoms with Crippen molar-refractivity contribution in [2.24, 2.45) is 5.73 Å². The number of hydrogen-bond donors (Lipinski definition) is 2. The Hall–Kier alpha value is -3.16. The summed E-state index contributed by atoms with van der Waals surface area (Å²) in [5.74, 6) is -1.60. The molecule has 3 rings (SSSR count). The van der Waals surface area contributed by atoms with Gasteiger partial charge in [-0.1, -0.05) is 0 Å². The minimum absolute atomic E-state index is 0.0191. The topological polar surface area (TPSA) is 124 Å². The van der Waals surface area contributed by atoms with Gasteiger partial charge in [0.25, 0.3) is 0 Å². The van der Waals surface area contributed by atoms with Crippen LogP contribution in [0.1, 0.15) is 29.4 Å². The molecule has 0 spiro atoms. The molecule has 3 aromatic heterocycles. The fourth-order valence-electron chi connectivity index (χ4n) is 2.50. The Bertz CT molecular complexity index is 944. The van der Waals surface area contributed by atoms with Crippen molar-refractivity contribution in [3.05, 3.63) is 58.0 Å². The number of hydrogen-bond acceptors (Lipinski definition) is 6. The molecule has 1 amide bonds. The van der Waals surface area contributed by atoms with Gasteiger partial charge in [-0.25, -0.2) is 9.50 Å². The monoisotopic (exact) mass is 314 g/mol. The first-order valence-electron chi connectivity index (χ1n) is 6.87. The van der Waals surface area contributed by atoms with Gasteiger partial charge in [-0.2, -0.15) is 5.10 Å². The Balaban J connectivity index is 2.23. The maximum Gasteiger partial charge on any atom is 0.227 e. The fourth-order valence-corrected chi connectivity index (χ4v) is 2.50. The van der Waals surface area contributed by atoms with Crippen molar-refractivity contribution in [3.63, 3.8) is 0 Å². The summed E-state index contributed by atoms with van der Waals surface area (Å²) in [5.41, 5.74) is 5.76. The lowest BCUT2D eigenvalue weighted by Crippen LogP contribution is -2.18. The average molecular weight is 314 g/mol. The first-order valence-corrected chi connectivity index (χ1v) is 6.87. The van der Waals surface area contributed by atoms with E-state index in [1.165, 1.54) is 16.8 Å². The number of amides is 1. The van der Waals surface area contributed by atoms with Gasteiger partial charge >= 0.3 is 0 Å². The van der Waals surface area contributed by atoms with E-state index in [-0.39, 0.29) is 12.2 Å². The van der Waals surface area contributed by atoms with Crippen LogP contribution in [0.25, 0.3) is 5.65 Å². The van der Waals surface area contributed by atoms with Crippen molar-refractivity contribution in [1.82, 2.24) is 14.6 Å². The maximum absolute atomic E-state index is 11.8. The zero-order valence-corrected chi connectivity index (χ0v) is 12.3. The normalized spacial score (nSPS) is 12.4. The highest BCUT2D eigenvalue weighted by atomic mass is 16.4. The second-order valence-corrected chi connectivity index (χ2v) is 5.14. The zero-order chi connectivity index (χ0) is 16.6. The van der Waals surface area contributed by atoms with E-state index in [0.717, 1.165) is 0 Å². The van der Waals surface area contributed by atoms with E-state index in [9.17, 15) is 14.7 Å². The van der Waals surface area contributed by atoms with Crippen LogP contribution >= 0.6 is 0 Å². The van der Waals surface area contributed by atoms with Crippen LogP contribution in [0.3, 0.4) is 0 Å². The molecule has 0 saturated heterocycles. The van der Waals surface area contributed by atoms with Gasteiger partial charge in [0.1, 0.15) is 5.76 Å². The highest BCUT2D eigenvalue weighted by Crippen LogP contribution is 2.34. The molecule has 0 aromatic carbocycles. The van der Waals surface area contributed by atoms with Gasteiger partial charge in [0, 0.05) is 30.4 Å². The Morgan fingerprint density at radius 1 is 1.52 bits per heavy atom. The number of aromatic nitrogens is 3. The second kappa shape index (κ2) is 5.56. The van der Waals surface area contributed by atoms with Crippen molar-refractivity contribution in [2.75, 3.05) is 0 Å². The van der Waals surface area contributed by atoms with Gasteiger partial charge < -0.3 is 15.3 Å². The van der Waals surface area contributed by atoms with Gasteiger partial charge in [-0.3, -0.25) is 9.59 Å². The molecule has 0 saturated carbocycles. The van der Waals surface area contributed by atoms with Gasteiger partial charge in [-0.05, 0) is 13.0 Å². The van der Waals surface area contributed by atoms with E-state index in [1.807, 2.05) is 0 Å². The summed E-state index contributed by atoms with van der Waals surface area (Å²) < 4.78 is 7.02. The maximum atomic E-state index is 11.8. The molecule has 8 nitrogen and oxygen atoms in total. The van der Waals surface area contributed by atoms with Crippen LogP contribution in [0.5, 0.6) is 5.75 Å². The second-order valence-electron chi connectivity index (χ2n) is 5.14. The number of carbonyl (C=O) groups is 1. The number of carbonyl (C=O) groups excluding carboxylic acids is 1. The minimum Gasteiger partial charge on any atom is -0.502 e. The Morgan fingerprint density at radius 3 is 3.04 bits per heavy atom. The highest BCUT2D eigenvalue weighted by molar-refractivity contribution is 5.76. The number of fused-ring (bicyclic) bond motifs is 1. The quantitative estimate of drug-likeness (QED) is 0.730. The van der Waals surface area contributed by atoms with E-state index in [4.69, 9.17) is 10.2 Å². The van der Waals surface area contributed by atoms with Crippen molar-refractivity contribution in [3.8, 4) is 5.75 Å². The minimum atomic E-state index is -0.757. The molecule has 3 heterocycles. The molecule has 3 aromatic rings. The molecule has 0 unspecified atom stereocenters. The zero-order valence-electron chi connectivity index (χ0n) is 12.3. The molecule has 0 aliphatic heterocycles. The number of primary amides is 1. The smallest absolute Gasteiger partial charge is 0.227 e. The first kappa shape index (κ1) is 14.8. The number of aryl methyl sites for hydroxylation is 1. The standard InChI is InChI=1S/C15H14N4O4/c1-8-5-11(20)13(22)14(23-8)9(6-12(16)21)10-7-18-19-4-2-3-17-15(10)19/h2-5,7,9,22H,6H2,1H3,(H2,16,21)/t9-/m0/s1. The Morgan fingerprint density at radius 2 is 2.30 bits per heavy atom. The SMILES string of the molecule is Cc1cc(=O)c(O)c([C@@H](CC(N)=O)c2cnn3cccnc23)o1. The van der Waals surface area contributed by atoms with Crippen LogP contribution in [0.15, 0.2) is 39.9 Å². The predicted molar refractivity (Wildman–Crippen MR) is 80.0 cm³/mol. The van der Waals surface area contributed by atoms with E-state index in [0.29, 0.717) is 17.0 Å². The highest BCUT2D eigenvalue weighted by Gasteiger charge is 2.28. The lowest BCUT2D eigenvalue weighted by atomic mass is 9.94. The molecular formula is C15H14N4O4. The van der Waals surface area contributed by atoms with E-state index < -0.39 is 23.0 Å². The number of aromatic hydroxyl groups is 1. The van der Waals surface area contributed by atoms with Crippen LogP contribution in [0, 0.1) is 6.92 Å². The summed E-state index contributed by atoms with van der Waals surface area (Å²) in [6.07, 6.45) is 4.63. The Labute approximate surface area is 130 Å². The summed E-state index contributed by atoms with van der Waals surface area (Å²) in [4.78, 5) is 27.5. The molecule has 8 heteroatoms. The number of rotatable bonds is 4. The lowest BCUT2D eigenvalue weighted by molar-refractivity contribution is -0.118. The molecule has 0 radical (unpaired) electrons. The molecule has 0 fully saturated rings. The van der Waals surface area contributed by atoms with E-state index in [1.54, 1.807) is 25.4 Å². The molecular weight excluding hydrogens is 300 g/mol. The third-order valence-electron chi connectivity index (χ3n) is 3.48. The molecule has 118 valence electrons. The van der Waals surface area contributed by atoms with Crippen LogP contribution in [0.2, 0.25) is 0 Å². The summed E-state index contributed by atoms with van der Waals surface area (Å²) in [7, 11) is 0. The Kier molecular flexibility index (Phi) is 3.57. The summed E-state index contributed by atoms with van der Waals surface area (Å²) in [5, 5.41) is 14.2. The molecule has 0 aliphatic rings. The fraction of sp³-hybridized carbons (Fsp3) is 0.200. The largest absolute Gasteiger partial charge is 0.502 e. The molecule has 0 aliphatic carbocycles. The molecule has 23 heavy (non-hydrogen) atoms. The van der Waals surface area contributed by atoms with Gasteiger partial charge in [-0.15, -0.1) is 0 Å². The van der Waals surface area contributed by atoms with Crippen molar-refractivity contribution >= 4 is 11.6 Å². The summed E-state index contributed by atoms with van der Waals surface area (Å²) in [6.45, 7) is 1.58. The molecule has 3 N–H and O–H groups in total. The summed E-state index contributed by atoms with van der Waals surface area (Å²) in [6, 6.07) is 2.88. The lowest BCUT2D eigenvalue weighted by Gasteiger charge is -2.14. The van der Waals surface area contributed by atoms with Crippen LogP contribution in [-0.4, -0.2) is 25.6 Å². The molecule has 1 atom stereocenters. The van der Waals surface area contributed by atoms with Crippen LogP contribution in [-0.2, 0) is 4.79 Å². The van der Waals surface area contributed by atoms with Gasteiger partial charge in [0.2, 0.25) is 17.1 Å². The molecule has 0 bridgehead atoms. The first-order chi connectivity index (χ1) is 11.0. The third kappa shape index (κ3) is 2.66. The number of nitrogens with zero attached hydrogens (tertiary/aromatic N) is 3. The third-order valence-corrected chi connectivity index (χ3v) is 3.48. The van der Waals surface area contributed by atoms with E-state index >= 15 is 0 Å². The summed E-state index contributed by atoms with van der Waals surface area (Å²) >= 11 is 0. The van der Waals surface area contributed by atoms with Gasteiger partial charge in [0.05, 0.1) is 12.1 Å². The van der Waals surface area contributed by atoms with Crippen molar-refractivity contribution in [2.45, 2.75) is 19.3 Å². The van der Waals surface area contributed by atoms with Crippen LogP contribution < -0.4 is 11.2 Å². The van der Waals surface area contributed by atoms with Crippen molar-refractivity contribution in [1.29, 1.82) is 0 Å². The van der Waals surface area contributed by atoms with E-state index in [2.05, 4.69) is 10.1 Å². The predicted octanol–water partition coefficient (Wildman–Crippen LogP) is 0.704. The van der Waals surface area contributed by atoms with Gasteiger partial charge in [0.15, 0.2) is 11.4 Å². The number of nitrogens with two attached hydrogens (primary N) is 1. The van der Waals surface area contributed by atoms with Crippen molar-refractivity contribution < 1.29 is 14.3 Å².